The number of benzene rings is 10. The molecule has 1 aromatic heterocycles. The Kier molecular flexibility index (Phi) is 7.53. The standard InChI is InChI=1S/C54H35NO/c1-3-18-43-37(13-1)15-12-24-44(43)39-16-11-17-40(33-39)46-20-7-9-25-51(46)55(52-34-41-14-2-4-19-45(41)47-21-5-6-22-48(47)52)42-30-27-36(28-31-42)38-29-32-50-49-23-8-10-26-53(49)56-54(50)35-38/h1-35H. The minimum absolute atomic E-state index is 0.900. The molecular formula is C54H35NO. The number of hydrogen-bond acceptors (Lipinski definition) is 2. The number of para-hydroxylation sites is 2. The average Bonchev–Trinajstić information content (AvgIpc) is 3.65. The highest BCUT2D eigenvalue weighted by molar-refractivity contribution is 6.15. The van der Waals surface area contributed by atoms with Crippen molar-refractivity contribution in [1.29, 1.82) is 0 Å². The van der Waals surface area contributed by atoms with E-state index in [0.717, 1.165) is 61.3 Å². The van der Waals surface area contributed by atoms with Gasteiger partial charge in [-0.3, -0.25) is 0 Å². The molecule has 56 heavy (non-hydrogen) atoms. The zero-order valence-corrected chi connectivity index (χ0v) is 30.6. The van der Waals surface area contributed by atoms with E-state index in [1.807, 2.05) is 12.1 Å². The summed E-state index contributed by atoms with van der Waals surface area (Å²) >= 11 is 0. The normalized spacial score (nSPS) is 11.6. The van der Waals surface area contributed by atoms with E-state index in [1.54, 1.807) is 0 Å². The summed E-state index contributed by atoms with van der Waals surface area (Å²) in [4.78, 5) is 2.45. The van der Waals surface area contributed by atoms with E-state index in [1.165, 1.54) is 43.4 Å². The van der Waals surface area contributed by atoms with Crippen LogP contribution in [0.5, 0.6) is 0 Å². The van der Waals surface area contributed by atoms with Crippen LogP contribution < -0.4 is 4.90 Å². The molecule has 0 N–H and O–H groups in total. The minimum atomic E-state index is 0.900. The van der Waals surface area contributed by atoms with Gasteiger partial charge in [-0.1, -0.05) is 164 Å². The molecule has 11 aromatic rings. The van der Waals surface area contributed by atoms with Crippen molar-refractivity contribution in [2.24, 2.45) is 0 Å². The molecule has 0 aliphatic heterocycles. The van der Waals surface area contributed by atoms with Gasteiger partial charge in [0, 0.05) is 27.4 Å². The van der Waals surface area contributed by atoms with Crippen molar-refractivity contribution in [2.45, 2.75) is 0 Å². The van der Waals surface area contributed by atoms with Crippen molar-refractivity contribution in [2.75, 3.05) is 4.90 Å². The Labute approximate surface area is 325 Å². The van der Waals surface area contributed by atoms with Gasteiger partial charge < -0.3 is 9.32 Å². The molecule has 0 spiro atoms. The molecule has 1 heterocycles. The van der Waals surface area contributed by atoms with Gasteiger partial charge in [0.25, 0.3) is 0 Å². The van der Waals surface area contributed by atoms with Gasteiger partial charge in [0.1, 0.15) is 11.2 Å². The third-order valence-electron chi connectivity index (χ3n) is 11.2. The molecule has 0 unspecified atom stereocenters. The lowest BCUT2D eigenvalue weighted by atomic mass is 9.94. The van der Waals surface area contributed by atoms with Gasteiger partial charge in [-0.05, 0) is 103 Å². The van der Waals surface area contributed by atoms with Crippen LogP contribution in [0.4, 0.5) is 17.1 Å². The van der Waals surface area contributed by atoms with Gasteiger partial charge in [0.2, 0.25) is 0 Å². The Hall–Kier alpha value is -7.42. The van der Waals surface area contributed by atoms with Crippen LogP contribution in [0.25, 0.3) is 87.6 Å². The fourth-order valence-corrected chi connectivity index (χ4v) is 8.58. The molecule has 0 aliphatic rings. The lowest BCUT2D eigenvalue weighted by Crippen LogP contribution is -2.12. The summed E-state index contributed by atoms with van der Waals surface area (Å²) in [6.07, 6.45) is 0. The predicted molar refractivity (Wildman–Crippen MR) is 237 cm³/mol. The molecule has 0 amide bonds. The van der Waals surface area contributed by atoms with Crippen molar-refractivity contribution in [3.63, 3.8) is 0 Å². The van der Waals surface area contributed by atoms with E-state index in [0.29, 0.717) is 0 Å². The van der Waals surface area contributed by atoms with E-state index in [2.05, 4.69) is 205 Å². The highest BCUT2D eigenvalue weighted by Gasteiger charge is 2.21. The van der Waals surface area contributed by atoms with Crippen molar-refractivity contribution < 1.29 is 4.42 Å². The van der Waals surface area contributed by atoms with Crippen molar-refractivity contribution in [3.05, 3.63) is 212 Å². The molecule has 11 rings (SSSR count). The molecule has 0 saturated carbocycles. The number of fused-ring (bicyclic) bond motifs is 7. The van der Waals surface area contributed by atoms with E-state index in [4.69, 9.17) is 4.42 Å². The molecule has 0 bridgehead atoms. The highest BCUT2D eigenvalue weighted by atomic mass is 16.3. The molecule has 10 aromatic carbocycles. The number of nitrogens with zero attached hydrogens (tertiary/aromatic N) is 1. The molecule has 0 saturated heterocycles. The van der Waals surface area contributed by atoms with Crippen LogP contribution in [0, 0.1) is 0 Å². The first-order valence-electron chi connectivity index (χ1n) is 19.2. The van der Waals surface area contributed by atoms with Gasteiger partial charge in [-0.25, -0.2) is 0 Å². The fourth-order valence-electron chi connectivity index (χ4n) is 8.58. The first-order valence-corrected chi connectivity index (χ1v) is 19.2. The number of rotatable bonds is 6. The maximum atomic E-state index is 6.27. The Bertz CT molecular complexity index is 3260. The maximum absolute atomic E-state index is 6.27. The topological polar surface area (TPSA) is 16.4 Å². The van der Waals surface area contributed by atoms with Gasteiger partial charge >= 0.3 is 0 Å². The van der Waals surface area contributed by atoms with Crippen LogP contribution in [0.15, 0.2) is 217 Å². The lowest BCUT2D eigenvalue weighted by molar-refractivity contribution is 0.669. The van der Waals surface area contributed by atoms with Crippen molar-refractivity contribution in [1.82, 2.24) is 0 Å². The summed E-state index contributed by atoms with van der Waals surface area (Å²) in [6, 6.07) is 76.6. The quantitative estimate of drug-likeness (QED) is 0.160. The average molecular weight is 714 g/mol. The summed E-state index contributed by atoms with van der Waals surface area (Å²) in [5, 5.41) is 9.66. The van der Waals surface area contributed by atoms with Gasteiger partial charge in [0.05, 0.1) is 11.4 Å². The second-order valence-corrected chi connectivity index (χ2v) is 14.5. The maximum Gasteiger partial charge on any atom is 0.136 e. The van der Waals surface area contributed by atoms with Crippen LogP contribution in [0.2, 0.25) is 0 Å². The summed E-state index contributed by atoms with van der Waals surface area (Å²) in [6.45, 7) is 0. The summed E-state index contributed by atoms with van der Waals surface area (Å²) in [7, 11) is 0. The van der Waals surface area contributed by atoms with Crippen LogP contribution in [0.1, 0.15) is 0 Å². The molecule has 262 valence electrons. The number of hydrogen-bond donors (Lipinski definition) is 0. The zero-order chi connectivity index (χ0) is 37.0. The first-order chi connectivity index (χ1) is 27.8. The smallest absolute Gasteiger partial charge is 0.136 e. The monoisotopic (exact) mass is 713 g/mol. The lowest BCUT2D eigenvalue weighted by Gasteiger charge is -2.30. The second-order valence-electron chi connectivity index (χ2n) is 14.5. The summed E-state index contributed by atoms with van der Waals surface area (Å²) in [5.41, 5.74) is 12.1. The largest absolute Gasteiger partial charge is 0.456 e. The zero-order valence-electron chi connectivity index (χ0n) is 30.6. The van der Waals surface area contributed by atoms with Crippen molar-refractivity contribution >= 4 is 71.3 Å². The van der Waals surface area contributed by atoms with Crippen molar-refractivity contribution in [3.8, 4) is 33.4 Å². The SMILES string of the molecule is c1cc(-c2ccccc2N(c2ccc(-c3ccc4c(c3)oc3ccccc34)cc2)c2cc3ccccc3c3ccccc23)cc(-c2cccc3ccccc23)c1. The van der Waals surface area contributed by atoms with Crippen LogP contribution >= 0.6 is 0 Å². The molecular weight excluding hydrogens is 679 g/mol. The Balaban J connectivity index is 1.09. The Morgan fingerprint density at radius 1 is 0.286 bits per heavy atom. The summed E-state index contributed by atoms with van der Waals surface area (Å²) in [5.74, 6) is 0. The van der Waals surface area contributed by atoms with E-state index < -0.39 is 0 Å². The number of anilines is 3. The highest BCUT2D eigenvalue weighted by Crippen LogP contribution is 2.46. The molecule has 2 heteroatoms. The predicted octanol–water partition coefficient (Wildman–Crippen LogP) is 15.5. The number of furan rings is 1. The molecule has 2 nitrogen and oxygen atoms in total. The van der Waals surface area contributed by atoms with Gasteiger partial charge in [-0.2, -0.15) is 0 Å². The second kappa shape index (κ2) is 13.2. The first kappa shape index (κ1) is 32.0. The van der Waals surface area contributed by atoms with Gasteiger partial charge in [-0.15, -0.1) is 0 Å². The molecule has 0 aliphatic carbocycles. The summed E-state index contributed by atoms with van der Waals surface area (Å²) < 4.78 is 6.27. The Morgan fingerprint density at radius 3 is 1.73 bits per heavy atom. The minimum Gasteiger partial charge on any atom is -0.456 e. The fraction of sp³-hybridized carbons (Fsp3) is 0. The van der Waals surface area contributed by atoms with E-state index in [-0.39, 0.29) is 0 Å². The van der Waals surface area contributed by atoms with Crippen LogP contribution in [0.3, 0.4) is 0 Å². The van der Waals surface area contributed by atoms with Crippen LogP contribution in [-0.2, 0) is 0 Å². The Morgan fingerprint density at radius 2 is 0.875 bits per heavy atom. The van der Waals surface area contributed by atoms with E-state index in [9.17, 15) is 0 Å². The van der Waals surface area contributed by atoms with E-state index >= 15 is 0 Å². The van der Waals surface area contributed by atoms with Crippen LogP contribution in [-0.4, -0.2) is 0 Å². The molecule has 0 atom stereocenters. The molecule has 0 radical (unpaired) electrons. The van der Waals surface area contributed by atoms with Gasteiger partial charge in [0.15, 0.2) is 0 Å². The third kappa shape index (κ3) is 5.34. The molecule has 0 fully saturated rings. The third-order valence-corrected chi connectivity index (χ3v) is 11.2.